The van der Waals surface area contributed by atoms with Gasteiger partial charge in [0.15, 0.2) is 0 Å². The highest BCUT2D eigenvalue weighted by Gasteiger charge is 2.34. The molecule has 0 aliphatic heterocycles. The number of carbonyl (C=O) groups is 1. The number of benzene rings is 1. The van der Waals surface area contributed by atoms with Crippen molar-refractivity contribution >= 4 is 23.2 Å². The van der Waals surface area contributed by atoms with Gasteiger partial charge in [0.2, 0.25) is 0 Å². The van der Waals surface area contributed by atoms with Gasteiger partial charge in [-0.05, 0) is 32.3 Å². The van der Waals surface area contributed by atoms with Crippen LogP contribution in [0.15, 0.2) is 18.2 Å². The molecule has 5 nitrogen and oxygen atoms in total. The number of hydrogen-bond donors (Lipinski definition) is 1. The SMILES string of the molecule is CC1(NC(=O)c2cccc([N+](=O)[O-])c2Cl)CCC1. The van der Waals surface area contributed by atoms with E-state index in [0.29, 0.717) is 0 Å². The van der Waals surface area contributed by atoms with Gasteiger partial charge in [-0.15, -0.1) is 0 Å². The maximum atomic E-state index is 12.0. The third kappa shape index (κ3) is 2.31. The minimum Gasteiger partial charge on any atom is -0.347 e. The van der Waals surface area contributed by atoms with Crippen molar-refractivity contribution in [1.82, 2.24) is 5.32 Å². The molecule has 0 atom stereocenters. The fourth-order valence-corrected chi connectivity index (χ4v) is 2.29. The van der Waals surface area contributed by atoms with E-state index in [-0.39, 0.29) is 27.7 Å². The molecule has 0 spiro atoms. The van der Waals surface area contributed by atoms with Gasteiger partial charge in [-0.25, -0.2) is 0 Å². The minimum atomic E-state index is -0.593. The van der Waals surface area contributed by atoms with E-state index in [1.165, 1.54) is 18.2 Å². The molecule has 1 aromatic carbocycles. The van der Waals surface area contributed by atoms with Crippen molar-refractivity contribution in [2.24, 2.45) is 0 Å². The molecule has 0 saturated heterocycles. The number of nitro benzene ring substituents is 1. The first-order valence-corrected chi connectivity index (χ1v) is 6.06. The zero-order valence-corrected chi connectivity index (χ0v) is 10.7. The van der Waals surface area contributed by atoms with Crippen LogP contribution in [0.4, 0.5) is 5.69 Å². The van der Waals surface area contributed by atoms with E-state index in [2.05, 4.69) is 5.32 Å². The van der Waals surface area contributed by atoms with Gasteiger partial charge in [0.05, 0.1) is 10.5 Å². The lowest BCUT2D eigenvalue weighted by Gasteiger charge is -2.39. The molecule has 1 N–H and O–H groups in total. The molecule has 2 rings (SSSR count). The van der Waals surface area contributed by atoms with Crippen LogP contribution in [0.25, 0.3) is 0 Å². The largest absolute Gasteiger partial charge is 0.347 e. The zero-order valence-electron chi connectivity index (χ0n) is 9.90. The van der Waals surface area contributed by atoms with Crippen molar-refractivity contribution in [2.75, 3.05) is 0 Å². The van der Waals surface area contributed by atoms with Crippen LogP contribution >= 0.6 is 11.6 Å². The van der Waals surface area contributed by atoms with Gasteiger partial charge in [-0.1, -0.05) is 17.7 Å². The summed E-state index contributed by atoms with van der Waals surface area (Å²) < 4.78 is 0. The van der Waals surface area contributed by atoms with Crippen LogP contribution in [0.5, 0.6) is 0 Å². The Balaban J connectivity index is 2.25. The molecule has 6 heteroatoms. The summed E-state index contributed by atoms with van der Waals surface area (Å²) in [6.07, 6.45) is 2.93. The van der Waals surface area contributed by atoms with E-state index in [1.807, 2.05) is 6.92 Å². The molecule has 0 radical (unpaired) electrons. The number of nitro groups is 1. The Morgan fingerprint density at radius 2 is 2.17 bits per heavy atom. The Kier molecular flexibility index (Phi) is 3.26. The Morgan fingerprint density at radius 3 is 2.67 bits per heavy atom. The van der Waals surface area contributed by atoms with Gasteiger partial charge >= 0.3 is 0 Å². The summed E-state index contributed by atoms with van der Waals surface area (Å²) in [5, 5.41) is 13.5. The van der Waals surface area contributed by atoms with E-state index in [9.17, 15) is 14.9 Å². The van der Waals surface area contributed by atoms with Crippen molar-refractivity contribution in [1.29, 1.82) is 0 Å². The van der Waals surface area contributed by atoms with Crippen LogP contribution in [0.3, 0.4) is 0 Å². The highest BCUT2D eigenvalue weighted by molar-refractivity contribution is 6.35. The molecule has 0 unspecified atom stereocenters. The zero-order chi connectivity index (χ0) is 13.3. The summed E-state index contributed by atoms with van der Waals surface area (Å²) >= 11 is 5.89. The van der Waals surface area contributed by atoms with Crippen LogP contribution < -0.4 is 5.32 Å². The fourth-order valence-electron chi connectivity index (χ4n) is 2.01. The maximum absolute atomic E-state index is 12.0. The Hall–Kier alpha value is -1.62. The molecule has 18 heavy (non-hydrogen) atoms. The molecule has 0 heterocycles. The van der Waals surface area contributed by atoms with Crippen molar-refractivity contribution in [3.8, 4) is 0 Å². The van der Waals surface area contributed by atoms with Gasteiger partial charge in [-0.2, -0.15) is 0 Å². The molecule has 1 aliphatic rings. The minimum absolute atomic E-state index is 0.108. The summed E-state index contributed by atoms with van der Waals surface area (Å²) in [5.41, 5.74) is -0.299. The average molecular weight is 269 g/mol. The molecule has 1 amide bonds. The van der Waals surface area contributed by atoms with E-state index < -0.39 is 4.92 Å². The van der Waals surface area contributed by atoms with Crippen LogP contribution in [-0.2, 0) is 0 Å². The quantitative estimate of drug-likeness (QED) is 0.677. The average Bonchev–Trinajstić information content (AvgIpc) is 2.26. The number of rotatable bonds is 3. The van der Waals surface area contributed by atoms with E-state index in [0.717, 1.165) is 19.3 Å². The normalized spacial score (nSPS) is 16.8. The smallest absolute Gasteiger partial charge is 0.288 e. The maximum Gasteiger partial charge on any atom is 0.288 e. The Bertz CT molecular complexity index is 512. The first-order chi connectivity index (χ1) is 8.43. The lowest BCUT2D eigenvalue weighted by Crippen LogP contribution is -2.51. The van der Waals surface area contributed by atoms with Crippen molar-refractivity contribution < 1.29 is 9.72 Å². The lowest BCUT2D eigenvalue weighted by atomic mass is 9.78. The summed E-state index contributed by atoms with van der Waals surface area (Å²) in [6, 6.07) is 4.24. The van der Waals surface area contributed by atoms with Crippen molar-refractivity contribution in [3.63, 3.8) is 0 Å². The number of nitrogens with one attached hydrogen (secondary N) is 1. The first kappa shape index (κ1) is 12.8. The van der Waals surface area contributed by atoms with Gasteiger partial charge in [0.1, 0.15) is 5.02 Å². The number of nitrogens with zero attached hydrogens (tertiary/aromatic N) is 1. The highest BCUT2D eigenvalue weighted by Crippen LogP contribution is 2.33. The summed E-state index contributed by atoms with van der Waals surface area (Å²) in [6.45, 7) is 1.96. The molecule has 0 aromatic heterocycles. The highest BCUT2D eigenvalue weighted by atomic mass is 35.5. The first-order valence-electron chi connectivity index (χ1n) is 5.68. The van der Waals surface area contributed by atoms with Gasteiger partial charge in [-0.3, -0.25) is 14.9 Å². The van der Waals surface area contributed by atoms with Crippen LogP contribution in [0, 0.1) is 10.1 Å². The second-order valence-corrected chi connectivity index (χ2v) is 5.14. The predicted molar refractivity (Wildman–Crippen MR) is 67.8 cm³/mol. The van der Waals surface area contributed by atoms with Gasteiger partial charge < -0.3 is 5.32 Å². The Morgan fingerprint density at radius 1 is 1.50 bits per heavy atom. The molecular formula is C12H13ClN2O3. The number of amides is 1. The second kappa shape index (κ2) is 4.57. The Labute approximate surface area is 109 Å². The molecule has 1 aromatic rings. The topological polar surface area (TPSA) is 72.2 Å². The van der Waals surface area contributed by atoms with E-state index in [1.54, 1.807) is 0 Å². The standard InChI is InChI=1S/C12H13ClN2O3/c1-12(6-3-7-12)14-11(16)8-4-2-5-9(10(8)13)15(17)18/h2,4-5H,3,6-7H2,1H3,(H,14,16). The van der Waals surface area contributed by atoms with E-state index >= 15 is 0 Å². The molecule has 1 fully saturated rings. The molecule has 1 aliphatic carbocycles. The molecule has 96 valence electrons. The number of hydrogen-bond acceptors (Lipinski definition) is 3. The summed E-state index contributed by atoms with van der Waals surface area (Å²) in [5.74, 6) is -0.356. The third-order valence-corrected chi connectivity index (χ3v) is 3.69. The van der Waals surface area contributed by atoms with Crippen LogP contribution in [-0.4, -0.2) is 16.4 Å². The molecular weight excluding hydrogens is 256 g/mol. The number of halogens is 1. The lowest BCUT2D eigenvalue weighted by molar-refractivity contribution is -0.384. The fraction of sp³-hybridized carbons (Fsp3) is 0.417. The second-order valence-electron chi connectivity index (χ2n) is 4.76. The third-order valence-electron chi connectivity index (χ3n) is 3.29. The van der Waals surface area contributed by atoms with Gasteiger partial charge in [0.25, 0.3) is 11.6 Å². The molecule has 0 bridgehead atoms. The van der Waals surface area contributed by atoms with Crippen molar-refractivity contribution in [2.45, 2.75) is 31.7 Å². The van der Waals surface area contributed by atoms with E-state index in [4.69, 9.17) is 11.6 Å². The number of carbonyl (C=O) groups excluding carboxylic acids is 1. The summed E-state index contributed by atoms with van der Waals surface area (Å²) in [7, 11) is 0. The van der Waals surface area contributed by atoms with Crippen molar-refractivity contribution in [3.05, 3.63) is 38.9 Å². The van der Waals surface area contributed by atoms with Gasteiger partial charge in [0, 0.05) is 11.6 Å². The van der Waals surface area contributed by atoms with Crippen LogP contribution in [0.2, 0.25) is 5.02 Å². The molecule has 1 saturated carbocycles. The monoisotopic (exact) mass is 268 g/mol. The predicted octanol–water partition coefficient (Wildman–Crippen LogP) is 2.92. The summed E-state index contributed by atoms with van der Waals surface area (Å²) in [4.78, 5) is 22.2. The van der Waals surface area contributed by atoms with Crippen LogP contribution in [0.1, 0.15) is 36.5 Å².